The molecule has 1 aromatic carbocycles. The Morgan fingerprint density at radius 3 is 2.69 bits per heavy atom. The Morgan fingerprint density at radius 2 is 1.93 bits per heavy atom. The quantitative estimate of drug-likeness (QED) is 0.654. The van der Waals surface area contributed by atoms with Gasteiger partial charge < -0.3 is 14.5 Å². The molecule has 0 bridgehead atoms. The number of piperazine rings is 1. The third-order valence-corrected chi connectivity index (χ3v) is 5.20. The lowest BCUT2D eigenvalue weighted by molar-refractivity contribution is 0.186. The molecule has 0 amide bonds. The molecule has 0 radical (unpaired) electrons. The Morgan fingerprint density at radius 1 is 1.14 bits per heavy atom. The highest BCUT2D eigenvalue weighted by Crippen LogP contribution is 2.23. The fourth-order valence-corrected chi connectivity index (χ4v) is 3.61. The molecule has 8 nitrogen and oxygen atoms in total. The van der Waals surface area contributed by atoms with Gasteiger partial charge in [0.25, 0.3) is 5.56 Å². The molecular formula is C21H22N6O2. The first-order valence-corrected chi connectivity index (χ1v) is 9.54. The monoisotopic (exact) mass is 390 g/mol. The first kappa shape index (κ1) is 18.9. The van der Waals surface area contributed by atoms with Gasteiger partial charge in [-0.2, -0.15) is 5.26 Å². The summed E-state index contributed by atoms with van der Waals surface area (Å²) in [5, 5.41) is 9.91. The maximum atomic E-state index is 12.6. The lowest BCUT2D eigenvalue weighted by Gasteiger charge is -2.37. The molecule has 1 aliphatic rings. The van der Waals surface area contributed by atoms with Gasteiger partial charge in [-0.05, 0) is 30.3 Å². The summed E-state index contributed by atoms with van der Waals surface area (Å²) in [5.74, 6) is 0.742. The number of rotatable bonds is 5. The summed E-state index contributed by atoms with van der Waals surface area (Å²) in [6.07, 6.45) is 3.30. The van der Waals surface area contributed by atoms with Crippen molar-refractivity contribution >= 4 is 22.4 Å². The smallest absolute Gasteiger partial charge is 0.261 e. The predicted molar refractivity (Wildman–Crippen MR) is 111 cm³/mol. The molecule has 3 heterocycles. The van der Waals surface area contributed by atoms with Gasteiger partial charge in [0.15, 0.2) is 0 Å². The predicted octanol–water partition coefficient (Wildman–Crippen LogP) is 1.64. The lowest BCUT2D eigenvalue weighted by atomic mass is 10.2. The molecule has 2 aromatic heterocycles. The van der Waals surface area contributed by atoms with E-state index < -0.39 is 0 Å². The molecule has 1 fully saturated rings. The van der Waals surface area contributed by atoms with Crippen LogP contribution in [0.2, 0.25) is 0 Å². The normalized spacial score (nSPS) is 14.2. The van der Waals surface area contributed by atoms with Crippen LogP contribution in [0.3, 0.4) is 0 Å². The Hall–Kier alpha value is -3.44. The maximum absolute atomic E-state index is 12.6. The zero-order valence-corrected chi connectivity index (χ0v) is 16.3. The maximum Gasteiger partial charge on any atom is 0.261 e. The van der Waals surface area contributed by atoms with Crippen LogP contribution in [0.5, 0.6) is 0 Å². The van der Waals surface area contributed by atoms with Gasteiger partial charge in [-0.3, -0.25) is 9.36 Å². The van der Waals surface area contributed by atoms with E-state index in [1.54, 1.807) is 36.3 Å². The molecule has 0 aliphatic carbocycles. The van der Waals surface area contributed by atoms with Crippen LogP contribution in [0.4, 0.5) is 11.5 Å². The average molecular weight is 390 g/mol. The highest BCUT2D eigenvalue weighted by Gasteiger charge is 2.21. The number of hydrogen-bond donors (Lipinski definition) is 0. The van der Waals surface area contributed by atoms with Gasteiger partial charge >= 0.3 is 0 Å². The molecule has 4 rings (SSSR count). The van der Waals surface area contributed by atoms with Gasteiger partial charge in [0.1, 0.15) is 11.9 Å². The van der Waals surface area contributed by atoms with Crippen LogP contribution < -0.4 is 15.4 Å². The van der Waals surface area contributed by atoms with Crippen LogP contribution in [0.15, 0.2) is 47.7 Å². The number of nitriles is 1. The minimum absolute atomic E-state index is 0.0531. The van der Waals surface area contributed by atoms with E-state index in [-0.39, 0.29) is 5.56 Å². The first-order valence-electron chi connectivity index (χ1n) is 9.54. The summed E-state index contributed by atoms with van der Waals surface area (Å²) in [4.78, 5) is 25.8. The van der Waals surface area contributed by atoms with Crippen LogP contribution in [0.25, 0.3) is 10.9 Å². The number of nitrogens with zero attached hydrogens (tertiary/aromatic N) is 6. The van der Waals surface area contributed by atoms with Gasteiger partial charge in [0.05, 0.1) is 35.9 Å². The number of fused-ring (bicyclic) bond motifs is 1. The molecule has 0 spiro atoms. The van der Waals surface area contributed by atoms with Crippen LogP contribution >= 0.6 is 0 Å². The molecule has 148 valence electrons. The minimum Gasteiger partial charge on any atom is -0.383 e. The third-order valence-electron chi connectivity index (χ3n) is 5.20. The second-order valence-corrected chi connectivity index (χ2v) is 6.90. The SMILES string of the molecule is COCCn1cnc2cc(N3CCN(c4ncccc4C#N)CC3)ccc2c1=O. The minimum atomic E-state index is -0.0531. The topological polar surface area (TPSA) is 87.3 Å². The van der Waals surface area contributed by atoms with Crippen molar-refractivity contribution in [1.82, 2.24) is 14.5 Å². The highest BCUT2D eigenvalue weighted by molar-refractivity contribution is 5.81. The summed E-state index contributed by atoms with van der Waals surface area (Å²) in [5.41, 5.74) is 2.28. The summed E-state index contributed by atoms with van der Waals surface area (Å²) in [7, 11) is 1.61. The zero-order valence-electron chi connectivity index (χ0n) is 16.3. The Bertz CT molecular complexity index is 1110. The largest absolute Gasteiger partial charge is 0.383 e. The van der Waals surface area contributed by atoms with Crippen LogP contribution in [-0.4, -0.2) is 54.4 Å². The summed E-state index contributed by atoms with van der Waals surface area (Å²) in [6, 6.07) is 11.6. The van der Waals surface area contributed by atoms with E-state index in [2.05, 4.69) is 25.8 Å². The summed E-state index contributed by atoms with van der Waals surface area (Å²) < 4.78 is 6.62. The number of benzene rings is 1. The standard InChI is InChI=1S/C21H22N6O2/c1-29-12-11-27-15-24-19-13-17(4-5-18(19)21(27)28)25-7-9-26(10-8-25)20-16(14-22)3-2-6-23-20/h2-6,13,15H,7-12H2,1H3. The van der Waals surface area contributed by atoms with Crippen molar-refractivity contribution in [2.75, 3.05) is 49.7 Å². The molecule has 0 N–H and O–H groups in total. The fraction of sp³-hybridized carbons (Fsp3) is 0.333. The second kappa shape index (κ2) is 8.29. The molecule has 0 unspecified atom stereocenters. The van der Waals surface area contributed by atoms with Crippen molar-refractivity contribution in [1.29, 1.82) is 5.26 Å². The lowest BCUT2D eigenvalue weighted by Crippen LogP contribution is -2.47. The molecule has 8 heteroatoms. The van der Waals surface area contributed by atoms with E-state index in [0.717, 1.165) is 37.7 Å². The Kier molecular flexibility index (Phi) is 5.40. The molecule has 1 saturated heterocycles. The summed E-state index contributed by atoms with van der Waals surface area (Å²) >= 11 is 0. The number of hydrogen-bond acceptors (Lipinski definition) is 7. The van der Waals surface area contributed by atoms with Crippen molar-refractivity contribution in [2.24, 2.45) is 0 Å². The molecule has 0 saturated carbocycles. The van der Waals surface area contributed by atoms with Crippen molar-refractivity contribution in [2.45, 2.75) is 6.54 Å². The van der Waals surface area contributed by atoms with E-state index in [1.807, 2.05) is 18.2 Å². The molecule has 29 heavy (non-hydrogen) atoms. The van der Waals surface area contributed by atoms with E-state index in [9.17, 15) is 10.1 Å². The van der Waals surface area contributed by atoms with E-state index in [1.165, 1.54) is 0 Å². The van der Waals surface area contributed by atoms with E-state index >= 15 is 0 Å². The average Bonchev–Trinajstić information content (AvgIpc) is 2.78. The highest BCUT2D eigenvalue weighted by atomic mass is 16.5. The molecule has 3 aromatic rings. The van der Waals surface area contributed by atoms with Crippen LogP contribution in [0, 0.1) is 11.3 Å². The van der Waals surface area contributed by atoms with Crippen LogP contribution in [0.1, 0.15) is 5.56 Å². The van der Waals surface area contributed by atoms with Crippen molar-refractivity contribution in [3.05, 3.63) is 58.8 Å². The number of anilines is 2. The first-order chi connectivity index (χ1) is 14.2. The van der Waals surface area contributed by atoms with Gasteiger partial charge in [-0.15, -0.1) is 0 Å². The summed E-state index contributed by atoms with van der Waals surface area (Å²) in [6.45, 7) is 4.11. The van der Waals surface area contributed by atoms with Gasteiger partial charge in [0.2, 0.25) is 0 Å². The number of ether oxygens (including phenoxy) is 1. The number of aromatic nitrogens is 3. The zero-order chi connectivity index (χ0) is 20.2. The van der Waals surface area contributed by atoms with E-state index in [4.69, 9.17) is 4.74 Å². The van der Waals surface area contributed by atoms with Crippen molar-refractivity contribution in [3.63, 3.8) is 0 Å². The Balaban J connectivity index is 1.51. The van der Waals surface area contributed by atoms with Crippen molar-refractivity contribution in [3.8, 4) is 6.07 Å². The fourth-order valence-electron chi connectivity index (χ4n) is 3.61. The van der Waals surface area contributed by atoms with E-state index in [0.29, 0.717) is 29.6 Å². The molecule has 0 atom stereocenters. The number of pyridine rings is 1. The van der Waals surface area contributed by atoms with Gasteiger partial charge in [-0.25, -0.2) is 9.97 Å². The number of methoxy groups -OCH3 is 1. The second-order valence-electron chi connectivity index (χ2n) is 6.90. The Labute approximate surface area is 168 Å². The molecule has 1 aliphatic heterocycles. The van der Waals surface area contributed by atoms with Gasteiger partial charge in [0, 0.05) is 45.2 Å². The van der Waals surface area contributed by atoms with Crippen LogP contribution in [-0.2, 0) is 11.3 Å². The molecular weight excluding hydrogens is 368 g/mol. The van der Waals surface area contributed by atoms with Crippen molar-refractivity contribution < 1.29 is 4.74 Å². The van der Waals surface area contributed by atoms with Gasteiger partial charge in [-0.1, -0.05) is 0 Å². The third kappa shape index (κ3) is 3.77.